The fourth-order valence-electron chi connectivity index (χ4n) is 7.99. The van der Waals surface area contributed by atoms with Gasteiger partial charge in [-0.2, -0.15) is 11.8 Å². The van der Waals surface area contributed by atoms with Crippen LogP contribution in [0.5, 0.6) is 0 Å². The van der Waals surface area contributed by atoms with Gasteiger partial charge in [-0.05, 0) is 63.9 Å². The minimum absolute atomic E-state index is 0.0229. The van der Waals surface area contributed by atoms with E-state index in [0.29, 0.717) is 25.0 Å². The molecule has 0 unspecified atom stereocenters. The Balaban J connectivity index is 1.78. The van der Waals surface area contributed by atoms with E-state index in [1.807, 2.05) is 20.1 Å². The number of fused-ring (bicyclic) bond motifs is 5. The van der Waals surface area contributed by atoms with Crippen molar-refractivity contribution in [3.63, 3.8) is 0 Å². The number of hydrogen-bond acceptors (Lipinski definition) is 6. The molecule has 182 valence electrons. The number of carbonyl (C=O) groups excluding carboxylic acids is 3. The Kier molecular flexibility index (Phi) is 6.01. The molecule has 0 aliphatic heterocycles. The van der Waals surface area contributed by atoms with E-state index in [1.165, 1.54) is 30.8 Å². The van der Waals surface area contributed by atoms with Gasteiger partial charge in [0.25, 0.3) is 0 Å². The predicted molar refractivity (Wildman–Crippen MR) is 125 cm³/mol. The van der Waals surface area contributed by atoms with E-state index in [1.54, 1.807) is 13.0 Å². The van der Waals surface area contributed by atoms with Gasteiger partial charge in [-0.25, -0.2) is 4.39 Å². The Hall–Kier alpha value is -1.47. The molecule has 0 heterocycles. The summed E-state index contributed by atoms with van der Waals surface area (Å²) in [5.41, 5.74) is -4.58. The fourth-order valence-corrected chi connectivity index (χ4v) is 8.36. The van der Waals surface area contributed by atoms with Gasteiger partial charge < -0.3 is 9.84 Å². The summed E-state index contributed by atoms with van der Waals surface area (Å²) >= 11 is 1.53. The van der Waals surface area contributed by atoms with Crippen LogP contribution in [-0.2, 0) is 19.1 Å². The minimum atomic E-state index is -1.96. The molecule has 4 aliphatic rings. The van der Waals surface area contributed by atoms with Crippen LogP contribution < -0.4 is 0 Å². The molecule has 0 spiro atoms. The number of hydrogen-bond donors (Lipinski definition) is 1. The summed E-state index contributed by atoms with van der Waals surface area (Å²) in [7, 11) is 0. The van der Waals surface area contributed by atoms with Crippen LogP contribution in [-0.4, -0.2) is 52.0 Å². The fraction of sp³-hybridized carbons (Fsp3) is 0.731. The average molecular weight is 479 g/mol. The zero-order chi connectivity index (χ0) is 24.4. The summed E-state index contributed by atoms with van der Waals surface area (Å²) in [5, 5.41) is 11.4. The zero-order valence-electron chi connectivity index (χ0n) is 20.2. The maximum absolute atomic E-state index is 17.2. The van der Waals surface area contributed by atoms with E-state index in [0.717, 1.165) is 5.57 Å². The van der Waals surface area contributed by atoms with Crippen molar-refractivity contribution in [2.45, 2.75) is 77.2 Å². The van der Waals surface area contributed by atoms with Crippen LogP contribution in [0.2, 0.25) is 0 Å². The topological polar surface area (TPSA) is 80.7 Å². The number of halogens is 1. The third-order valence-electron chi connectivity index (χ3n) is 9.49. The van der Waals surface area contributed by atoms with Crippen molar-refractivity contribution in [1.82, 2.24) is 0 Å². The van der Waals surface area contributed by atoms with Gasteiger partial charge in [0, 0.05) is 28.4 Å². The van der Waals surface area contributed by atoms with Crippen molar-refractivity contribution < 1.29 is 28.6 Å². The normalized spacial score (nSPS) is 46.2. The summed E-state index contributed by atoms with van der Waals surface area (Å²) in [6, 6.07) is 0. The number of aliphatic hydroxyl groups is 1. The van der Waals surface area contributed by atoms with E-state index in [2.05, 4.69) is 0 Å². The molecule has 0 aromatic rings. The van der Waals surface area contributed by atoms with Gasteiger partial charge in [-0.1, -0.05) is 25.5 Å². The van der Waals surface area contributed by atoms with Crippen molar-refractivity contribution >= 4 is 29.3 Å². The molecule has 0 radical (unpaired) electrons. The first-order chi connectivity index (χ1) is 15.4. The number of Topliss-reactive ketones (excluding diaryl/α,β-unsaturated/α-hetero) is 1. The number of alkyl halides is 1. The molecule has 0 aromatic heterocycles. The van der Waals surface area contributed by atoms with Crippen LogP contribution in [0.25, 0.3) is 0 Å². The van der Waals surface area contributed by atoms with E-state index in [-0.39, 0.29) is 36.2 Å². The number of ether oxygens (including phenoxy) is 1. The summed E-state index contributed by atoms with van der Waals surface area (Å²) in [6.07, 6.45) is 6.92. The highest BCUT2D eigenvalue weighted by atomic mass is 32.2. The Morgan fingerprint density at radius 1 is 1.30 bits per heavy atom. The SMILES string of the molecule is CSCCC(=O)O[C@]1(C(C)=O)[C@@H](C)C[C@H]2[C@@H]3CCC4=CC(=O)C=C[C@]4(C)[C@@]3(F)[C@@H](O)C[C@@]21C. The third kappa shape index (κ3) is 3.10. The molecule has 33 heavy (non-hydrogen) atoms. The van der Waals surface area contributed by atoms with E-state index < -0.39 is 40.1 Å². The second kappa shape index (κ2) is 8.04. The highest BCUT2D eigenvalue weighted by Gasteiger charge is 2.76. The second-order valence-corrected chi connectivity index (χ2v) is 11.9. The van der Waals surface area contributed by atoms with Crippen LogP contribution in [0.3, 0.4) is 0 Å². The summed E-state index contributed by atoms with van der Waals surface area (Å²) in [6.45, 7) is 7.04. The van der Waals surface area contributed by atoms with Crippen LogP contribution in [0, 0.1) is 28.6 Å². The molecule has 5 nitrogen and oxygen atoms in total. The minimum Gasteiger partial charge on any atom is -0.450 e. The van der Waals surface area contributed by atoms with Crippen LogP contribution in [0.4, 0.5) is 4.39 Å². The summed E-state index contributed by atoms with van der Waals surface area (Å²) in [4.78, 5) is 37.9. The number of ketones is 2. The summed E-state index contributed by atoms with van der Waals surface area (Å²) in [5.74, 6) is -1.25. The summed E-state index contributed by atoms with van der Waals surface area (Å²) < 4.78 is 23.3. The lowest BCUT2D eigenvalue weighted by Gasteiger charge is -2.62. The van der Waals surface area contributed by atoms with Gasteiger partial charge in [0.1, 0.15) is 0 Å². The number of aliphatic hydroxyl groups excluding tert-OH is 1. The van der Waals surface area contributed by atoms with Gasteiger partial charge in [0.15, 0.2) is 22.8 Å². The Labute approximate surface area is 199 Å². The molecule has 0 amide bonds. The molecule has 4 rings (SSSR count). The Morgan fingerprint density at radius 2 is 2.00 bits per heavy atom. The smallest absolute Gasteiger partial charge is 0.307 e. The van der Waals surface area contributed by atoms with Crippen molar-refractivity contribution in [1.29, 1.82) is 0 Å². The average Bonchev–Trinajstić information content (AvgIpc) is 2.96. The van der Waals surface area contributed by atoms with E-state index in [4.69, 9.17) is 4.74 Å². The van der Waals surface area contributed by atoms with Crippen molar-refractivity contribution in [3.05, 3.63) is 23.8 Å². The van der Waals surface area contributed by atoms with E-state index in [9.17, 15) is 19.5 Å². The molecule has 3 fully saturated rings. The van der Waals surface area contributed by atoms with Crippen molar-refractivity contribution in [2.75, 3.05) is 12.0 Å². The van der Waals surface area contributed by atoms with Gasteiger partial charge in [-0.3, -0.25) is 14.4 Å². The number of carbonyl (C=O) groups is 3. The number of esters is 1. The lowest BCUT2D eigenvalue weighted by molar-refractivity contribution is -0.227. The van der Waals surface area contributed by atoms with Gasteiger partial charge in [0.05, 0.1) is 12.5 Å². The van der Waals surface area contributed by atoms with Gasteiger partial charge >= 0.3 is 5.97 Å². The first kappa shape index (κ1) is 24.6. The highest BCUT2D eigenvalue weighted by molar-refractivity contribution is 7.98. The molecule has 8 atom stereocenters. The molecule has 0 aromatic carbocycles. The first-order valence-corrected chi connectivity index (χ1v) is 13.3. The predicted octanol–water partition coefficient (Wildman–Crippen LogP) is 4.23. The Bertz CT molecular complexity index is 945. The van der Waals surface area contributed by atoms with Crippen molar-refractivity contribution in [2.24, 2.45) is 28.6 Å². The standard InChI is InChI=1S/C26H35FO5S/c1-15-12-20-19-7-6-17-13-18(29)8-10-23(17,3)25(19,27)21(30)14-24(20,4)26(15,16(2)28)32-22(31)9-11-33-5/h8,10,13,15,19-21,30H,6-7,9,11-12,14H2,1-5H3/t15-,19-,20-,21-,23-,24-,25-,26-/m0/s1. The van der Waals surface area contributed by atoms with Gasteiger partial charge in [0.2, 0.25) is 0 Å². The zero-order valence-corrected chi connectivity index (χ0v) is 21.0. The lowest BCUT2D eigenvalue weighted by Crippen LogP contribution is -2.69. The molecular formula is C26H35FO5S. The maximum Gasteiger partial charge on any atom is 0.307 e. The molecule has 4 aliphatic carbocycles. The number of thioether (sulfide) groups is 1. The Morgan fingerprint density at radius 3 is 2.64 bits per heavy atom. The third-order valence-corrected chi connectivity index (χ3v) is 10.1. The molecule has 1 N–H and O–H groups in total. The second-order valence-electron chi connectivity index (χ2n) is 10.9. The molecule has 7 heteroatoms. The quantitative estimate of drug-likeness (QED) is 0.596. The largest absolute Gasteiger partial charge is 0.450 e. The van der Waals surface area contributed by atoms with E-state index >= 15 is 4.39 Å². The van der Waals surface area contributed by atoms with Crippen molar-refractivity contribution in [3.8, 4) is 0 Å². The monoisotopic (exact) mass is 478 g/mol. The molecule has 0 bridgehead atoms. The molecular weight excluding hydrogens is 443 g/mol. The molecule has 3 saturated carbocycles. The number of allylic oxidation sites excluding steroid dienone is 4. The maximum atomic E-state index is 17.2. The molecule has 0 saturated heterocycles. The van der Waals surface area contributed by atoms with Crippen LogP contribution in [0.15, 0.2) is 23.8 Å². The first-order valence-electron chi connectivity index (χ1n) is 11.9. The lowest BCUT2D eigenvalue weighted by atomic mass is 9.44. The number of rotatable bonds is 5. The van der Waals surface area contributed by atoms with Crippen LogP contribution >= 0.6 is 11.8 Å². The van der Waals surface area contributed by atoms with Gasteiger partial charge in [-0.15, -0.1) is 0 Å². The highest BCUT2D eigenvalue weighted by Crippen LogP contribution is 2.71. The van der Waals surface area contributed by atoms with Crippen LogP contribution in [0.1, 0.15) is 59.8 Å².